The molecule has 17 heavy (non-hydrogen) atoms. The van der Waals surface area contributed by atoms with Crippen molar-refractivity contribution in [3.8, 4) is 0 Å². The van der Waals surface area contributed by atoms with Crippen molar-refractivity contribution in [1.29, 1.82) is 0 Å². The summed E-state index contributed by atoms with van der Waals surface area (Å²) in [6, 6.07) is 10.0. The molecular formula is C14H23NO2. The lowest BCUT2D eigenvalue weighted by atomic mass is 9.83. The highest BCUT2D eigenvalue weighted by atomic mass is 16.3. The summed E-state index contributed by atoms with van der Waals surface area (Å²) in [6.07, 6.45) is -0.348. The molecule has 2 N–H and O–H groups in total. The van der Waals surface area contributed by atoms with E-state index in [9.17, 15) is 10.2 Å². The van der Waals surface area contributed by atoms with Crippen molar-refractivity contribution in [1.82, 2.24) is 4.90 Å². The summed E-state index contributed by atoms with van der Waals surface area (Å²) in [7, 11) is 1.96. The van der Waals surface area contributed by atoms with E-state index >= 15 is 0 Å². The molecule has 0 amide bonds. The lowest BCUT2D eigenvalue weighted by Gasteiger charge is -2.33. The molecule has 1 rings (SSSR count). The van der Waals surface area contributed by atoms with Gasteiger partial charge in [0.05, 0.1) is 12.7 Å². The number of hydrogen-bond acceptors (Lipinski definition) is 3. The Bertz CT molecular complexity index is 326. The number of aliphatic hydroxyl groups is 2. The molecule has 0 bridgehead atoms. The van der Waals surface area contributed by atoms with Gasteiger partial charge < -0.3 is 15.1 Å². The maximum absolute atomic E-state index is 9.63. The second kappa shape index (κ2) is 6.15. The van der Waals surface area contributed by atoms with Crippen LogP contribution in [0.25, 0.3) is 0 Å². The SMILES string of the molecule is CC(O)CN(C)CC(C)(CO)c1ccccc1. The Kier molecular flexibility index (Phi) is 5.12. The van der Waals surface area contributed by atoms with E-state index < -0.39 is 0 Å². The van der Waals surface area contributed by atoms with Crippen LogP contribution in [0.1, 0.15) is 19.4 Å². The first-order chi connectivity index (χ1) is 7.98. The van der Waals surface area contributed by atoms with Gasteiger partial charge in [0.1, 0.15) is 0 Å². The van der Waals surface area contributed by atoms with Crippen LogP contribution in [0.5, 0.6) is 0 Å². The fourth-order valence-electron chi connectivity index (χ4n) is 2.18. The highest BCUT2D eigenvalue weighted by molar-refractivity contribution is 5.25. The first kappa shape index (κ1) is 14.2. The van der Waals surface area contributed by atoms with Gasteiger partial charge in [0.25, 0.3) is 0 Å². The summed E-state index contributed by atoms with van der Waals surface area (Å²) in [5.74, 6) is 0. The Morgan fingerprint density at radius 2 is 1.88 bits per heavy atom. The van der Waals surface area contributed by atoms with Gasteiger partial charge in [-0.15, -0.1) is 0 Å². The minimum Gasteiger partial charge on any atom is -0.395 e. The van der Waals surface area contributed by atoms with Crippen LogP contribution in [0.2, 0.25) is 0 Å². The summed E-state index contributed by atoms with van der Waals surface area (Å²) in [5.41, 5.74) is 0.838. The van der Waals surface area contributed by atoms with Crippen molar-refractivity contribution in [2.24, 2.45) is 0 Å². The Morgan fingerprint density at radius 3 is 2.35 bits per heavy atom. The second-order valence-electron chi connectivity index (χ2n) is 5.13. The number of hydrogen-bond donors (Lipinski definition) is 2. The Balaban J connectivity index is 2.76. The standard InChI is InChI=1S/C14H23NO2/c1-12(17)9-15(3)10-14(2,11-16)13-7-5-4-6-8-13/h4-8,12,16-17H,9-11H2,1-3H3. The Morgan fingerprint density at radius 1 is 1.29 bits per heavy atom. The van der Waals surface area contributed by atoms with E-state index in [1.807, 2.05) is 49.2 Å². The minimum absolute atomic E-state index is 0.0984. The molecule has 1 aromatic carbocycles. The molecule has 0 radical (unpaired) electrons. The van der Waals surface area contributed by atoms with Gasteiger partial charge >= 0.3 is 0 Å². The van der Waals surface area contributed by atoms with Gasteiger partial charge in [-0.25, -0.2) is 0 Å². The zero-order valence-electron chi connectivity index (χ0n) is 10.9. The quantitative estimate of drug-likeness (QED) is 0.782. The largest absolute Gasteiger partial charge is 0.395 e. The summed E-state index contributed by atoms with van der Waals surface area (Å²) < 4.78 is 0. The van der Waals surface area contributed by atoms with Crippen molar-refractivity contribution < 1.29 is 10.2 Å². The van der Waals surface area contributed by atoms with Gasteiger partial charge in [-0.1, -0.05) is 37.3 Å². The molecule has 0 aliphatic carbocycles. The van der Waals surface area contributed by atoms with Gasteiger partial charge in [-0.2, -0.15) is 0 Å². The van der Waals surface area contributed by atoms with E-state index in [1.165, 1.54) is 0 Å². The summed E-state index contributed by atoms with van der Waals surface area (Å²) in [5, 5.41) is 19.0. The predicted octanol–water partition coefficient (Wildman–Crippen LogP) is 1.25. The average molecular weight is 237 g/mol. The fourth-order valence-corrected chi connectivity index (χ4v) is 2.18. The Hall–Kier alpha value is -0.900. The summed E-state index contributed by atoms with van der Waals surface area (Å²) in [6.45, 7) is 5.25. The number of likely N-dealkylation sites (N-methyl/N-ethyl adjacent to an activating group) is 1. The third-order valence-electron chi connectivity index (χ3n) is 3.01. The maximum atomic E-state index is 9.63. The van der Waals surface area contributed by atoms with E-state index in [0.29, 0.717) is 6.54 Å². The van der Waals surface area contributed by atoms with Crippen molar-refractivity contribution in [3.05, 3.63) is 35.9 Å². The average Bonchev–Trinajstić information content (AvgIpc) is 2.29. The van der Waals surface area contributed by atoms with Gasteiger partial charge in [0.15, 0.2) is 0 Å². The van der Waals surface area contributed by atoms with Gasteiger partial charge in [0, 0.05) is 18.5 Å². The van der Waals surface area contributed by atoms with E-state index in [-0.39, 0.29) is 18.1 Å². The number of rotatable bonds is 6. The van der Waals surface area contributed by atoms with Gasteiger partial charge in [0.2, 0.25) is 0 Å². The second-order valence-corrected chi connectivity index (χ2v) is 5.13. The molecule has 0 saturated carbocycles. The first-order valence-corrected chi connectivity index (χ1v) is 6.01. The fraction of sp³-hybridized carbons (Fsp3) is 0.571. The number of aliphatic hydroxyl groups excluding tert-OH is 2. The van der Waals surface area contributed by atoms with E-state index in [1.54, 1.807) is 6.92 Å². The minimum atomic E-state index is -0.348. The summed E-state index contributed by atoms with van der Waals surface area (Å²) in [4.78, 5) is 2.05. The van der Waals surface area contributed by atoms with Crippen LogP contribution < -0.4 is 0 Å². The van der Waals surface area contributed by atoms with Crippen LogP contribution in [-0.2, 0) is 5.41 Å². The molecule has 3 nitrogen and oxygen atoms in total. The van der Waals surface area contributed by atoms with Crippen LogP contribution in [-0.4, -0.2) is 48.0 Å². The molecule has 1 aromatic rings. The summed E-state index contributed by atoms with van der Waals surface area (Å²) >= 11 is 0. The topological polar surface area (TPSA) is 43.7 Å². The molecule has 3 heteroatoms. The van der Waals surface area contributed by atoms with Crippen molar-refractivity contribution in [2.75, 3.05) is 26.7 Å². The van der Waals surface area contributed by atoms with Crippen molar-refractivity contribution >= 4 is 0 Å². The highest BCUT2D eigenvalue weighted by Crippen LogP contribution is 2.23. The molecule has 0 spiro atoms. The van der Waals surface area contributed by atoms with Crippen molar-refractivity contribution in [2.45, 2.75) is 25.4 Å². The predicted molar refractivity (Wildman–Crippen MR) is 70.1 cm³/mol. The lowest BCUT2D eigenvalue weighted by molar-refractivity contribution is 0.108. The number of nitrogens with zero attached hydrogens (tertiary/aromatic N) is 1. The third kappa shape index (κ3) is 4.11. The van der Waals surface area contributed by atoms with Crippen LogP contribution in [0.4, 0.5) is 0 Å². The van der Waals surface area contributed by atoms with E-state index in [0.717, 1.165) is 12.1 Å². The molecule has 0 aromatic heterocycles. The van der Waals surface area contributed by atoms with Gasteiger partial charge in [-0.3, -0.25) is 0 Å². The van der Waals surface area contributed by atoms with Crippen LogP contribution >= 0.6 is 0 Å². The molecule has 0 fully saturated rings. The van der Waals surface area contributed by atoms with Gasteiger partial charge in [-0.05, 0) is 19.5 Å². The van der Waals surface area contributed by atoms with E-state index in [2.05, 4.69) is 0 Å². The molecule has 0 saturated heterocycles. The Labute approximate surface area is 104 Å². The molecule has 2 atom stereocenters. The highest BCUT2D eigenvalue weighted by Gasteiger charge is 2.27. The zero-order valence-corrected chi connectivity index (χ0v) is 10.9. The number of benzene rings is 1. The molecular weight excluding hydrogens is 214 g/mol. The monoisotopic (exact) mass is 237 g/mol. The molecule has 96 valence electrons. The zero-order chi connectivity index (χ0) is 12.9. The smallest absolute Gasteiger partial charge is 0.0638 e. The molecule has 0 aliphatic rings. The maximum Gasteiger partial charge on any atom is 0.0638 e. The molecule has 0 heterocycles. The van der Waals surface area contributed by atoms with Crippen molar-refractivity contribution in [3.63, 3.8) is 0 Å². The lowest BCUT2D eigenvalue weighted by Crippen LogP contribution is -2.42. The van der Waals surface area contributed by atoms with Crippen LogP contribution in [0.15, 0.2) is 30.3 Å². The molecule has 2 unspecified atom stereocenters. The normalized spacial score (nSPS) is 16.8. The van der Waals surface area contributed by atoms with Crippen LogP contribution in [0.3, 0.4) is 0 Å². The third-order valence-corrected chi connectivity index (χ3v) is 3.01. The molecule has 0 aliphatic heterocycles. The van der Waals surface area contributed by atoms with Crippen LogP contribution in [0, 0.1) is 0 Å². The van der Waals surface area contributed by atoms with E-state index in [4.69, 9.17) is 0 Å². The first-order valence-electron chi connectivity index (χ1n) is 6.01.